The Balaban J connectivity index is 1.21. The topological polar surface area (TPSA) is 169 Å². The third kappa shape index (κ3) is 15.8. The normalized spacial score (nSPS) is 34.2. The van der Waals surface area contributed by atoms with Gasteiger partial charge in [-0.2, -0.15) is 0 Å². The smallest absolute Gasteiger partial charge is 0.311 e. The summed E-state index contributed by atoms with van der Waals surface area (Å²) >= 11 is 0. The van der Waals surface area contributed by atoms with Gasteiger partial charge in [0.15, 0.2) is 6.29 Å². The van der Waals surface area contributed by atoms with E-state index < -0.39 is 85.0 Å². The molecule has 0 unspecified atom stereocenters. The summed E-state index contributed by atoms with van der Waals surface area (Å²) in [6.45, 7) is 13.5. The number of rotatable bonds is 19. The van der Waals surface area contributed by atoms with Crippen LogP contribution in [0.4, 0.5) is 8.78 Å². The molecule has 14 atom stereocenters. The van der Waals surface area contributed by atoms with E-state index in [4.69, 9.17) is 14.2 Å². The van der Waals surface area contributed by atoms with Gasteiger partial charge in [-0.05, 0) is 130 Å². The Labute approximate surface area is 443 Å². The zero-order valence-corrected chi connectivity index (χ0v) is 47.5. The van der Waals surface area contributed by atoms with E-state index in [1.807, 2.05) is 45.0 Å². The summed E-state index contributed by atoms with van der Waals surface area (Å²) in [4.78, 5) is 31.6. The first kappa shape index (κ1) is 62.2. The number of carbonyl (C=O) groups excluding carboxylic acids is 2. The molecule has 1 saturated carbocycles. The van der Waals surface area contributed by atoms with Crippen molar-refractivity contribution in [2.24, 2.45) is 17.8 Å². The predicted octanol–water partition coefficient (Wildman–Crippen LogP) is 9.02. The monoisotopic (exact) mass is 1060 g/mol. The number of benzene rings is 2. The third-order valence-electron chi connectivity index (χ3n) is 17.1. The van der Waals surface area contributed by atoms with E-state index >= 15 is 0 Å². The van der Waals surface area contributed by atoms with Gasteiger partial charge in [-0.15, -0.1) is 0 Å². The zero-order valence-electron chi connectivity index (χ0n) is 46.6. The van der Waals surface area contributed by atoms with Crippen molar-refractivity contribution in [2.45, 2.75) is 242 Å². The number of aliphatic hydroxyl groups excluding tert-OH is 3. The summed E-state index contributed by atoms with van der Waals surface area (Å²) in [5, 5.41) is 62.2. The number of esters is 1. The highest BCUT2D eigenvalue weighted by molar-refractivity contribution is 7.90. The molecule has 3 aliphatic rings. The van der Waals surface area contributed by atoms with E-state index in [2.05, 4.69) is 48.5 Å². The number of amides is 1. The van der Waals surface area contributed by atoms with Crippen LogP contribution in [-0.4, -0.2) is 152 Å². The molecule has 420 valence electrons. The molecule has 0 aromatic heterocycles. The first-order valence-corrected chi connectivity index (χ1v) is 30.2. The van der Waals surface area contributed by atoms with E-state index in [-0.39, 0.29) is 68.3 Å². The SMILES string of the molecule is CC[C@H]1OC(=O)[C@H](C)[C@@H](O)[C@H](C)[C@@H](O[C@@H]2O[C@H](C)C[C@H](N(C)C)[C@H]2O)[C@](C)(O)C[C@@H](C)CN(C(=O)CCCCCCCCCCC[P+](c2ccccc2)(c2ccccc2)C2CCC(F)(F)CC2)[C@H](C)[C@@H](O)[C@]1(C)O. The average Bonchev–Trinajstić information content (AvgIpc) is 3.36. The van der Waals surface area contributed by atoms with Crippen molar-refractivity contribution in [3.8, 4) is 0 Å². The van der Waals surface area contributed by atoms with Crippen LogP contribution in [0.15, 0.2) is 60.7 Å². The van der Waals surface area contributed by atoms with Gasteiger partial charge in [-0.3, -0.25) is 9.59 Å². The van der Waals surface area contributed by atoms with Gasteiger partial charge in [0.25, 0.3) is 0 Å². The summed E-state index contributed by atoms with van der Waals surface area (Å²) in [5.74, 6) is -5.99. The van der Waals surface area contributed by atoms with Gasteiger partial charge >= 0.3 is 5.97 Å². The second-order valence-corrected chi connectivity index (χ2v) is 27.5. The van der Waals surface area contributed by atoms with Crippen molar-refractivity contribution < 1.29 is 58.1 Å². The quantitative estimate of drug-likeness (QED) is 0.0517. The minimum atomic E-state index is -2.58. The highest BCUT2D eigenvalue weighted by Gasteiger charge is 2.54. The second kappa shape index (κ2) is 27.8. The lowest BCUT2D eigenvalue weighted by Gasteiger charge is -2.46. The Hall–Kier alpha value is -2.65. The molecule has 2 saturated heterocycles. The van der Waals surface area contributed by atoms with Crippen LogP contribution in [-0.2, 0) is 23.8 Å². The van der Waals surface area contributed by atoms with E-state index in [0.29, 0.717) is 25.7 Å². The summed E-state index contributed by atoms with van der Waals surface area (Å²) in [6.07, 6.45) is 4.17. The number of aliphatic hydroxyl groups is 5. The minimum Gasteiger partial charge on any atom is -0.459 e. The average molecular weight is 1060 g/mol. The van der Waals surface area contributed by atoms with Crippen molar-refractivity contribution in [1.82, 2.24) is 9.80 Å². The molecule has 2 aliphatic heterocycles. The number of alkyl halides is 2. The first-order chi connectivity index (χ1) is 34.9. The molecule has 74 heavy (non-hydrogen) atoms. The molecule has 0 radical (unpaired) electrons. The molecular weight excluding hydrogens is 966 g/mol. The van der Waals surface area contributed by atoms with Crippen LogP contribution in [0, 0.1) is 17.8 Å². The molecule has 15 heteroatoms. The van der Waals surface area contributed by atoms with Gasteiger partial charge in [0.05, 0.1) is 65.6 Å². The lowest BCUT2D eigenvalue weighted by Crippen LogP contribution is -2.60. The molecule has 5 rings (SSSR count). The standard InChI is InChI=1S/C59H96F2N2O10P/c1-11-49-58(8,70)53(67)44(6)63(39-40(2)38-57(7,69)54(42(4)51(65)43(5)55(68)72-49)73-56-52(66)48(62(9)10)37-41(3)71-56)50(64)31-25-17-15-13-12-14-16-18-26-36-74(45-27-21-19-22-28-45,46-29-23-20-24-30-46)47-32-34-59(60,61)35-33-47/h19-24,27-30,40-44,47-49,51-54,56,65-67,69-70H,11-18,25-26,31-39H2,1-10H3/q+1/t40-,41-,42+,43-,44-,48+,49-,51+,52-,53-,54-,56+,57-,58-/m1/s1. The fourth-order valence-electron chi connectivity index (χ4n) is 12.7. The van der Waals surface area contributed by atoms with Crippen molar-refractivity contribution >= 4 is 29.7 Å². The lowest BCUT2D eigenvalue weighted by atomic mass is 9.78. The van der Waals surface area contributed by atoms with Gasteiger partial charge < -0.3 is 49.5 Å². The minimum absolute atomic E-state index is 0.0371. The highest BCUT2D eigenvalue weighted by Crippen LogP contribution is 2.65. The number of hydrogen-bond acceptors (Lipinski definition) is 11. The van der Waals surface area contributed by atoms with Gasteiger partial charge in [0, 0.05) is 37.8 Å². The fraction of sp³-hybridized carbons (Fsp3) is 0.763. The van der Waals surface area contributed by atoms with Gasteiger partial charge in [-0.1, -0.05) is 95.7 Å². The Morgan fingerprint density at radius 1 is 0.811 bits per heavy atom. The Morgan fingerprint density at radius 3 is 1.86 bits per heavy atom. The number of nitrogens with zero attached hydrogens (tertiary/aromatic N) is 2. The molecule has 1 aliphatic carbocycles. The fourth-order valence-corrected chi connectivity index (χ4v) is 18.0. The van der Waals surface area contributed by atoms with Crippen LogP contribution in [0.1, 0.15) is 165 Å². The molecule has 0 bridgehead atoms. The molecule has 0 spiro atoms. The summed E-state index contributed by atoms with van der Waals surface area (Å²) in [6, 6.07) is 20.2. The molecule has 2 aromatic carbocycles. The predicted molar refractivity (Wildman–Crippen MR) is 291 cm³/mol. The lowest BCUT2D eigenvalue weighted by molar-refractivity contribution is -0.299. The molecule has 3 fully saturated rings. The maximum Gasteiger partial charge on any atom is 0.311 e. The molecule has 2 heterocycles. The molecule has 5 N–H and O–H groups in total. The van der Waals surface area contributed by atoms with Crippen LogP contribution >= 0.6 is 7.26 Å². The van der Waals surface area contributed by atoms with Crippen molar-refractivity contribution in [1.29, 1.82) is 0 Å². The molecular formula is C59H96F2N2O10P+. The number of hydrogen-bond donors (Lipinski definition) is 5. The number of cyclic esters (lactones) is 1. The number of likely N-dealkylation sites (N-methyl/N-ethyl adjacent to an activating group) is 1. The number of carbonyl (C=O) groups is 2. The van der Waals surface area contributed by atoms with Crippen LogP contribution in [0.3, 0.4) is 0 Å². The van der Waals surface area contributed by atoms with Crippen LogP contribution in [0.5, 0.6) is 0 Å². The Bertz CT molecular complexity index is 1950. The third-order valence-corrected chi connectivity index (χ3v) is 22.4. The Morgan fingerprint density at radius 2 is 1.34 bits per heavy atom. The first-order valence-electron chi connectivity index (χ1n) is 28.2. The maximum atomic E-state index is 14.5. The van der Waals surface area contributed by atoms with Gasteiger partial charge in [0.2, 0.25) is 11.8 Å². The van der Waals surface area contributed by atoms with Crippen LogP contribution in [0.2, 0.25) is 0 Å². The molecule has 12 nitrogen and oxygen atoms in total. The molecule has 2 aromatic rings. The van der Waals surface area contributed by atoms with Gasteiger partial charge in [0.1, 0.15) is 23.9 Å². The maximum absolute atomic E-state index is 14.5. The molecule has 1 amide bonds. The summed E-state index contributed by atoms with van der Waals surface area (Å²) in [7, 11) is 1.78. The van der Waals surface area contributed by atoms with Crippen LogP contribution in [0.25, 0.3) is 0 Å². The van der Waals surface area contributed by atoms with E-state index in [0.717, 1.165) is 57.5 Å². The Kier molecular flexibility index (Phi) is 23.4. The van der Waals surface area contributed by atoms with Crippen LogP contribution < -0.4 is 10.6 Å². The number of halogens is 2. The number of ether oxygens (including phenoxy) is 3. The van der Waals surface area contributed by atoms with E-state index in [1.54, 1.807) is 32.6 Å². The van der Waals surface area contributed by atoms with E-state index in [9.17, 15) is 43.9 Å². The second-order valence-electron chi connectivity index (χ2n) is 23.5. The van der Waals surface area contributed by atoms with Gasteiger partial charge in [-0.25, -0.2) is 8.78 Å². The summed E-state index contributed by atoms with van der Waals surface area (Å²) in [5.41, 5.74) is -3.40. The van der Waals surface area contributed by atoms with E-state index in [1.165, 1.54) is 24.5 Å². The van der Waals surface area contributed by atoms with Crippen molar-refractivity contribution in [2.75, 3.05) is 26.8 Å². The summed E-state index contributed by atoms with van der Waals surface area (Å²) < 4.78 is 47.5. The number of unbranched alkanes of at least 4 members (excludes halogenated alkanes) is 8. The zero-order chi connectivity index (χ0) is 54.6. The highest BCUT2D eigenvalue weighted by atomic mass is 31.2. The van der Waals surface area contributed by atoms with Crippen molar-refractivity contribution in [3.05, 3.63) is 60.7 Å². The van der Waals surface area contributed by atoms with Crippen molar-refractivity contribution in [3.63, 3.8) is 0 Å². The largest absolute Gasteiger partial charge is 0.459 e.